The summed E-state index contributed by atoms with van der Waals surface area (Å²) >= 11 is 0. The number of aromatic nitrogens is 3. The van der Waals surface area contributed by atoms with Gasteiger partial charge in [-0.05, 0) is 63.4 Å². The average Bonchev–Trinajstić information content (AvgIpc) is 3.21. The SMILES string of the molecule is c1ccc(-c2cccc(-c3cc(-c4cccc(-c5cc(-c6ccccc6)nc6ccc7ccccc7c56)c4)nc(-c4ccccc4)n3)c2)cc1. The van der Waals surface area contributed by atoms with E-state index in [4.69, 9.17) is 15.0 Å². The topological polar surface area (TPSA) is 38.7 Å². The van der Waals surface area contributed by atoms with E-state index in [1.54, 1.807) is 0 Å². The summed E-state index contributed by atoms with van der Waals surface area (Å²) in [5.74, 6) is 0.695. The third-order valence-electron chi connectivity index (χ3n) is 9.26. The second-order valence-electron chi connectivity index (χ2n) is 12.5. The Morgan fingerprint density at radius 2 is 0.820 bits per heavy atom. The quantitative estimate of drug-likeness (QED) is 0.170. The number of rotatable bonds is 6. The molecule has 0 aliphatic rings. The van der Waals surface area contributed by atoms with Crippen LogP contribution in [0.3, 0.4) is 0 Å². The van der Waals surface area contributed by atoms with Crippen LogP contribution < -0.4 is 0 Å². The molecular formula is C47H31N3. The van der Waals surface area contributed by atoms with Crippen molar-refractivity contribution >= 4 is 21.7 Å². The molecule has 0 aliphatic carbocycles. The zero-order valence-corrected chi connectivity index (χ0v) is 27.2. The van der Waals surface area contributed by atoms with Gasteiger partial charge in [0.25, 0.3) is 0 Å². The molecule has 0 amide bonds. The smallest absolute Gasteiger partial charge is 0.160 e. The van der Waals surface area contributed by atoms with Gasteiger partial charge in [0.05, 0.1) is 22.6 Å². The molecular weight excluding hydrogens is 607 g/mol. The zero-order chi connectivity index (χ0) is 33.3. The van der Waals surface area contributed by atoms with Gasteiger partial charge in [0.15, 0.2) is 5.82 Å². The van der Waals surface area contributed by atoms with E-state index in [-0.39, 0.29) is 0 Å². The van der Waals surface area contributed by atoms with E-state index in [1.165, 1.54) is 16.3 Å². The van der Waals surface area contributed by atoms with Gasteiger partial charge in [-0.3, -0.25) is 0 Å². The van der Waals surface area contributed by atoms with Crippen LogP contribution in [0.5, 0.6) is 0 Å². The van der Waals surface area contributed by atoms with Crippen molar-refractivity contribution in [3.05, 3.63) is 188 Å². The van der Waals surface area contributed by atoms with Gasteiger partial charge in [0.2, 0.25) is 0 Å². The molecule has 0 atom stereocenters. The molecule has 9 rings (SSSR count). The van der Waals surface area contributed by atoms with Crippen LogP contribution in [0.2, 0.25) is 0 Å². The van der Waals surface area contributed by atoms with Gasteiger partial charge in [0.1, 0.15) is 0 Å². The molecule has 0 unspecified atom stereocenters. The largest absolute Gasteiger partial charge is 0.248 e. The Kier molecular flexibility index (Phi) is 7.49. The molecule has 3 heteroatoms. The molecule has 0 saturated heterocycles. The molecule has 2 aromatic heterocycles. The van der Waals surface area contributed by atoms with Gasteiger partial charge in [-0.15, -0.1) is 0 Å². The van der Waals surface area contributed by atoms with Crippen LogP contribution in [0, 0.1) is 0 Å². The Balaban J connectivity index is 1.24. The van der Waals surface area contributed by atoms with E-state index in [0.29, 0.717) is 5.82 Å². The van der Waals surface area contributed by atoms with Crippen LogP contribution in [0.1, 0.15) is 0 Å². The predicted molar refractivity (Wildman–Crippen MR) is 207 cm³/mol. The maximum Gasteiger partial charge on any atom is 0.160 e. The molecule has 7 aromatic carbocycles. The zero-order valence-electron chi connectivity index (χ0n) is 27.2. The first-order valence-electron chi connectivity index (χ1n) is 16.9. The summed E-state index contributed by atoms with van der Waals surface area (Å²) in [6, 6.07) is 65.6. The number of fused-ring (bicyclic) bond motifs is 3. The van der Waals surface area contributed by atoms with Crippen molar-refractivity contribution in [3.63, 3.8) is 0 Å². The van der Waals surface area contributed by atoms with Crippen LogP contribution in [-0.2, 0) is 0 Å². The summed E-state index contributed by atoms with van der Waals surface area (Å²) in [6.45, 7) is 0. The first-order chi connectivity index (χ1) is 24.8. The molecule has 50 heavy (non-hydrogen) atoms. The van der Waals surface area contributed by atoms with Crippen molar-refractivity contribution in [2.24, 2.45) is 0 Å². The molecule has 3 nitrogen and oxygen atoms in total. The van der Waals surface area contributed by atoms with Crippen molar-refractivity contribution in [1.82, 2.24) is 15.0 Å². The molecule has 0 radical (unpaired) electrons. The maximum atomic E-state index is 5.17. The molecule has 0 spiro atoms. The molecule has 0 aliphatic heterocycles. The molecule has 234 valence electrons. The summed E-state index contributed by atoms with van der Waals surface area (Å²) < 4.78 is 0. The minimum absolute atomic E-state index is 0.695. The van der Waals surface area contributed by atoms with Crippen molar-refractivity contribution in [3.8, 4) is 67.4 Å². The van der Waals surface area contributed by atoms with Crippen LogP contribution in [0.4, 0.5) is 0 Å². The van der Waals surface area contributed by atoms with E-state index >= 15 is 0 Å². The highest BCUT2D eigenvalue weighted by atomic mass is 14.9. The lowest BCUT2D eigenvalue weighted by molar-refractivity contribution is 1.18. The van der Waals surface area contributed by atoms with E-state index in [2.05, 4.69) is 158 Å². The standard InChI is InChI=1S/C47H31N3/c1-4-14-32(15-5-1)36-21-12-23-38(28-36)44-31-45(50-47(49-44)35-19-8-3-9-20-35)39-24-13-22-37(29-39)41-30-43(34-17-6-2-7-18-34)48-42-27-26-33-16-10-11-25-40(33)46(41)42/h1-31H. The Morgan fingerprint density at radius 3 is 1.52 bits per heavy atom. The lowest BCUT2D eigenvalue weighted by atomic mass is 9.93. The van der Waals surface area contributed by atoms with Crippen LogP contribution in [0.15, 0.2) is 188 Å². The molecule has 0 bridgehead atoms. The Morgan fingerprint density at radius 1 is 0.300 bits per heavy atom. The van der Waals surface area contributed by atoms with Gasteiger partial charge < -0.3 is 0 Å². The Labute approximate surface area is 291 Å². The normalized spacial score (nSPS) is 11.2. The lowest BCUT2D eigenvalue weighted by Gasteiger charge is -2.14. The van der Waals surface area contributed by atoms with Gasteiger partial charge >= 0.3 is 0 Å². The van der Waals surface area contributed by atoms with Crippen molar-refractivity contribution in [2.75, 3.05) is 0 Å². The van der Waals surface area contributed by atoms with E-state index in [1.807, 2.05) is 30.3 Å². The van der Waals surface area contributed by atoms with Gasteiger partial charge in [-0.25, -0.2) is 15.0 Å². The minimum atomic E-state index is 0.695. The van der Waals surface area contributed by atoms with E-state index in [9.17, 15) is 0 Å². The number of pyridine rings is 1. The summed E-state index contributed by atoms with van der Waals surface area (Å²) in [7, 11) is 0. The highest BCUT2D eigenvalue weighted by Crippen LogP contribution is 2.38. The summed E-state index contributed by atoms with van der Waals surface area (Å²) in [5.41, 5.74) is 12.4. The third-order valence-corrected chi connectivity index (χ3v) is 9.26. The summed E-state index contributed by atoms with van der Waals surface area (Å²) in [4.78, 5) is 15.4. The van der Waals surface area contributed by atoms with Crippen molar-refractivity contribution in [1.29, 1.82) is 0 Å². The maximum absolute atomic E-state index is 5.17. The minimum Gasteiger partial charge on any atom is -0.248 e. The summed E-state index contributed by atoms with van der Waals surface area (Å²) in [5, 5.41) is 3.52. The Hall–Kier alpha value is -6.71. The first kappa shape index (κ1) is 29.4. The van der Waals surface area contributed by atoms with Gasteiger partial charge in [-0.2, -0.15) is 0 Å². The average molecular weight is 638 g/mol. The van der Waals surface area contributed by atoms with Crippen molar-refractivity contribution in [2.45, 2.75) is 0 Å². The van der Waals surface area contributed by atoms with Crippen LogP contribution in [0.25, 0.3) is 89.1 Å². The molecule has 0 saturated carbocycles. The molecule has 0 fully saturated rings. The van der Waals surface area contributed by atoms with Gasteiger partial charge in [-0.1, -0.05) is 158 Å². The summed E-state index contributed by atoms with van der Waals surface area (Å²) in [6.07, 6.45) is 0. The number of nitrogens with zero attached hydrogens (tertiary/aromatic N) is 3. The fourth-order valence-electron chi connectivity index (χ4n) is 6.79. The third kappa shape index (κ3) is 5.61. The van der Waals surface area contributed by atoms with Crippen molar-refractivity contribution < 1.29 is 0 Å². The number of hydrogen-bond acceptors (Lipinski definition) is 3. The monoisotopic (exact) mass is 637 g/mol. The molecule has 9 aromatic rings. The number of hydrogen-bond donors (Lipinski definition) is 0. The second-order valence-corrected chi connectivity index (χ2v) is 12.5. The van der Waals surface area contributed by atoms with Crippen LogP contribution in [-0.4, -0.2) is 15.0 Å². The number of benzene rings is 7. The highest BCUT2D eigenvalue weighted by molar-refractivity contribution is 6.14. The molecule has 2 heterocycles. The fourth-order valence-corrected chi connectivity index (χ4v) is 6.79. The van der Waals surface area contributed by atoms with E-state index in [0.717, 1.165) is 66.9 Å². The lowest BCUT2D eigenvalue weighted by Crippen LogP contribution is -1.96. The highest BCUT2D eigenvalue weighted by Gasteiger charge is 2.16. The molecule has 0 N–H and O–H groups in total. The second kappa shape index (κ2) is 12.7. The fraction of sp³-hybridized carbons (Fsp3) is 0. The predicted octanol–water partition coefficient (Wildman–Crippen LogP) is 12.2. The van der Waals surface area contributed by atoms with Crippen LogP contribution >= 0.6 is 0 Å². The van der Waals surface area contributed by atoms with E-state index < -0.39 is 0 Å². The Bertz CT molecular complexity index is 2630. The first-order valence-corrected chi connectivity index (χ1v) is 16.9. The van der Waals surface area contributed by atoms with Gasteiger partial charge in [0, 0.05) is 27.6 Å².